The van der Waals surface area contributed by atoms with Crippen LogP contribution < -0.4 is 25.0 Å². The fourth-order valence-corrected chi connectivity index (χ4v) is 5.28. The largest absolute Gasteiger partial charge is 0.487 e. The molecule has 2 aromatic rings. The first-order valence-electron chi connectivity index (χ1n) is 11.9. The van der Waals surface area contributed by atoms with Crippen molar-refractivity contribution in [1.82, 2.24) is 10.6 Å². The Balaban J connectivity index is 0.00000274. The molecule has 182 valence electrons. The number of rotatable bonds is 5. The van der Waals surface area contributed by atoms with Gasteiger partial charge in [0.05, 0.1) is 11.7 Å². The summed E-state index contributed by atoms with van der Waals surface area (Å²) in [5, 5.41) is 7.07. The maximum Gasteiger partial charge on any atom is 0.265 e. The molecule has 1 spiro atoms. The summed E-state index contributed by atoms with van der Waals surface area (Å²) in [5.41, 5.74) is 1.97. The Morgan fingerprint density at radius 1 is 1.12 bits per heavy atom. The van der Waals surface area contributed by atoms with Gasteiger partial charge in [0.1, 0.15) is 17.1 Å². The van der Waals surface area contributed by atoms with Gasteiger partial charge < -0.3 is 25.0 Å². The maximum atomic E-state index is 12.4. The van der Waals surface area contributed by atoms with Gasteiger partial charge in [0.15, 0.2) is 12.6 Å². The third-order valence-corrected chi connectivity index (χ3v) is 6.91. The van der Waals surface area contributed by atoms with Crippen molar-refractivity contribution in [2.24, 2.45) is 4.99 Å². The number of nitrogens with zero attached hydrogens (tertiary/aromatic N) is 2. The highest BCUT2D eigenvalue weighted by Crippen LogP contribution is 2.47. The number of hydrogen-bond donors (Lipinski definition) is 2. The molecule has 8 heteroatoms. The summed E-state index contributed by atoms with van der Waals surface area (Å²) in [4.78, 5) is 18.6. The lowest BCUT2D eigenvalue weighted by Gasteiger charge is -2.40. The standard InChI is InChI=1S/C26H32N4O3.HI/c1-27-25(28-15-8-16-30-21-10-3-5-12-23(21)32-18-24(30)31)29-20-17-26(13-6-7-14-26)33-22-11-4-2-9-19(20)22;/h2-5,9-12,20H,6-8,13-18H2,1H3,(H2,27,28,29);1H. The van der Waals surface area contributed by atoms with E-state index in [4.69, 9.17) is 9.47 Å². The van der Waals surface area contributed by atoms with E-state index in [1.807, 2.05) is 35.2 Å². The summed E-state index contributed by atoms with van der Waals surface area (Å²) in [6.45, 7) is 1.44. The van der Waals surface area contributed by atoms with E-state index in [0.29, 0.717) is 13.1 Å². The summed E-state index contributed by atoms with van der Waals surface area (Å²) in [6, 6.07) is 16.2. The van der Waals surface area contributed by atoms with Gasteiger partial charge in [0.25, 0.3) is 5.91 Å². The highest BCUT2D eigenvalue weighted by molar-refractivity contribution is 14.0. The number of amides is 1. The average molecular weight is 576 g/mol. The molecule has 2 heterocycles. The third-order valence-electron chi connectivity index (χ3n) is 6.91. The number of ether oxygens (including phenoxy) is 2. The van der Waals surface area contributed by atoms with Crippen LogP contribution in [0.5, 0.6) is 11.5 Å². The van der Waals surface area contributed by atoms with Crippen molar-refractivity contribution in [2.45, 2.75) is 50.2 Å². The minimum absolute atomic E-state index is 0. The second kappa shape index (κ2) is 10.8. The van der Waals surface area contributed by atoms with E-state index in [1.165, 1.54) is 18.4 Å². The van der Waals surface area contributed by atoms with E-state index in [9.17, 15) is 4.79 Å². The van der Waals surface area contributed by atoms with E-state index in [0.717, 1.165) is 48.8 Å². The summed E-state index contributed by atoms with van der Waals surface area (Å²) < 4.78 is 12.0. The van der Waals surface area contributed by atoms with Gasteiger partial charge in [-0.1, -0.05) is 30.3 Å². The van der Waals surface area contributed by atoms with Crippen LogP contribution in [0.4, 0.5) is 5.69 Å². The van der Waals surface area contributed by atoms with Crippen LogP contribution in [0, 0.1) is 0 Å². The molecule has 1 unspecified atom stereocenters. The highest BCUT2D eigenvalue weighted by Gasteiger charge is 2.43. The molecule has 1 saturated carbocycles. The van der Waals surface area contributed by atoms with Crippen LogP contribution >= 0.6 is 24.0 Å². The van der Waals surface area contributed by atoms with Gasteiger partial charge in [-0.25, -0.2) is 0 Å². The van der Waals surface area contributed by atoms with Gasteiger partial charge in [-0.05, 0) is 50.3 Å². The van der Waals surface area contributed by atoms with Crippen LogP contribution in [0.2, 0.25) is 0 Å². The Morgan fingerprint density at radius 2 is 1.85 bits per heavy atom. The molecule has 1 aliphatic carbocycles. The van der Waals surface area contributed by atoms with Crippen LogP contribution in [0.3, 0.4) is 0 Å². The van der Waals surface area contributed by atoms with Gasteiger partial charge >= 0.3 is 0 Å². The molecule has 0 aromatic heterocycles. The zero-order valence-electron chi connectivity index (χ0n) is 19.6. The van der Waals surface area contributed by atoms with Crippen LogP contribution in [0.1, 0.15) is 50.1 Å². The molecule has 2 aliphatic heterocycles. The first kappa shape index (κ1) is 24.6. The minimum Gasteiger partial charge on any atom is -0.487 e. The Kier molecular flexibility index (Phi) is 7.85. The number of aliphatic imine (C=N–C) groups is 1. The van der Waals surface area contributed by atoms with Gasteiger partial charge in [0.2, 0.25) is 0 Å². The molecule has 1 atom stereocenters. The van der Waals surface area contributed by atoms with Crippen molar-refractivity contribution in [3.63, 3.8) is 0 Å². The molecule has 7 nitrogen and oxygen atoms in total. The van der Waals surface area contributed by atoms with E-state index in [2.05, 4.69) is 33.8 Å². The molecule has 2 N–H and O–H groups in total. The first-order chi connectivity index (χ1) is 16.2. The number of guanidine groups is 1. The van der Waals surface area contributed by atoms with Crippen molar-refractivity contribution >= 4 is 41.5 Å². The van der Waals surface area contributed by atoms with Crippen molar-refractivity contribution in [1.29, 1.82) is 0 Å². The topological polar surface area (TPSA) is 75.2 Å². The molecular weight excluding hydrogens is 543 g/mol. The van der Waals surface area contributed by atoms with Crippen LogP contribution in [-0.2, 0) is 4.79 Å². The number of carbonyl (C=O) groups is 1. The van der Waals surface area contributed by atoms with E-state index < -0.39 is 0 Å². The summed E-state index contributed by atoms with van der Waals surface area (Å²) in [6.07, 6.45) is 6.43. The quantitative estimate of drug-likeness (QED) is 0.239. The third kappa shape index (κ3) is 5.11. The van der Waals surface area contributed by atoms with Crippen molar-refractivity contribution in [3.05, 3.63) is 54.1 Å². The predicted molar refractivity (Wildman–Crippen MR) is 144 cm³/mol. The van der Waals surface area contributed by atoms with Crippen molar-refractivity contribution in [3.8, 4) is 11.5 Å². The Bertz CT molecular complexity index is 1040. The normalized spacial score (nSPS) is 20.5. The number of para-hydroxylation sites is 3. The Morgan fingerprint density at radius 3 is 2.65 bits per heavy atom. The summed E-state index contributed by atoms with van der Waals surface area (Å²) in [7, 11) is 1.80. The Hall–Kier alpha value is -2.49. The molecule has 3 aliphatic rings. The lowest BCUT2D eigenvalue weighted by atomic mass is 9.86. The van der Waals surface area contributed by atoms with Crippen LogP contribution in [0.15, 0.2) is 53.5 Å². The Labute approximate surface area is 218 Å². The average Bonchev–Trinajstić information content (AvgIpc) is 3.29. The second-order valence-electron chi connectivity index (χ2n) is 9.09. The molecule has 34 heavy (non-hydrogen) atoms. The lowest BCUT2D eigenvalue weighted by molar-refractivity contribution is -0.121. The predicted octanol–water partition coefficient (Wildman–Crippen LogP) is 4.42. The first-order valence-corrected chi connectivity index (χ1v) is 11.9. The highest BCUT2D eigenvalue weighted by atomic mass is 127. The van der Waals surface area contributed by atoms with Crippen molar-refractivity contribution < 1.29 is 14.3 Å². The molecular formula is C26H33IN4O3. The van der Waals surface area contributed by atoms with E-state index in [-0.39, 0.29) is 48.1 Å². The number of hydrogen-bond acceptors (Lipinski definition) is 4. The summed E-state index contributed by atoms with van der Waals surface area (Å²) in [5.74, 6) is 2.53. The number of halogens is 1. The molecule has 1 fully saturated rings. The van der Waals surface area contributed by atoms with Crippen molar-refractivity contribution in [2.75, 3.05) is 31.6 Å². The van der Waals surface area contributed by atoms with Gasteiger partial charge in [0, 0.05) is 32.1 Å². The SMILES string of the molecule is CN=C(NCCCN1C(=O)COc2ccccc21)NC1CC2(CCCC2)Oc2ccccc21.I. The van der Waals surface area contributed by atoms with Gasteiger partial charge in [-0.15, -0.1) is 24.0 Å². The number of anilines is 1. The molecule has 2 aromatic carbocycles. The lowest BCUT2D eigenvalue weighted by Crippen LogP contribution is -2.47. The smallest absolute Gasteiger partial charge is 0.265 e. The number of nitrogens with one attached hydrogen (secondary N) is 2. The zero-order valence-corrected chi connectivity index (χ0v) is 21.9. The number of carbonyl (C=O) groups excluding carboxylic acids is 1. The molecule has 0 saturated heterocycles. The maximum absolute atomic E-state index is 12.4. The zero-order chi connectivity index (χ0) is 22.7. The van der Waals surface area contributed by atoms with E-state index >= 15 is 0 Å². The van der Waals surface area contributed by atoms with Gasteiger partial charge in [-0.3, -0.25) is 9.79 Å². The number of benzene rings is 2. The fourth-order valence-electron chi connectivity index (χ4n) is 5.28. The van der Waals surface area contributed by atoms with Crippen LogP contribution in [0.25, 0.3) is 0 Å². The van der Waals surface area contributed by atoms with E-state index in [1.54, 1.807) is 7.05 Å². The monoisotopic (exact) mass is 576 g/mol. The molecule has 5 rings (SSSR count). The van der Waals surface area contributed by atoms with Gasteiger partial charge in [-0.2, -0.15) is 0 Å². The molecule has 0 bridgehead atoms. The van der Waals surface area contributed by atoms with Crippen LogP contribution in [-0.4, -0.2) is 44.2 Å². The summed E-state index contributed by atoms with van der Waals surface area (Å²) >= 11 is 0. The minimum atomic E-state index is -0.0606. The molecule has 1 amide bonds. The fraction of sp³-hybridized carbons (Fsp3) is 0.462. The molecule has 0 radical (unpaired) electrons. The second-order valence-corrected chi connectivity index (χ2v) is 9.09. The number of fused-ring (bicyclic) bond motifs is 2.